The first kappa shape index (κ1) is 11.9. The molecule has 5 heteroatoms. The van der Waals surface area contributed by atoms with E-state index in [4.69, 9.17) is 15.7 Å². The summed E-state index contributed by atoms with van der Waals surface area (Å²) < 4.78 is 4.83. The lowest BCUT2D eigenvalue weighted by Gasteiger charge is -2.02. The SMILES string of the molecule is CN/C=C(\C=N)c1ccc(-c2cc(N)on2)cc1. The van der Waals surface area contributed by atoms with Crippen LogP contribution in [0.1, 0.15) is 5.56 Å². The van der Waals surface area contributed by atoms with Crippen LogP contribution < -0.4 is 11.1 Å². The van der Waals surface area contributed by atoms with Crippen molar-refractivity contribution in [3.05, 3.63) is 42.1 Å². The maximum atomic E-state index is 7.34. The number of anilines is 1. The zero-order valence-corrected chi connectivity index (χ0v) is 9.97. The summed E-state index contributed by atoms with van der Waals surface area (Å²) in [4.78, 5) is 0. The van der Waals surface area contributed by atoms with E-state index in [1.54, 1.807) is 19.3 Å². The summed E-state index contributed by atoms with van der Waals surface area (Å²) in [5.74, 6) is 0.296. The Labute approximate surface area is 105 Å². The Kier molecular flexibility index (Phi) is 3.43. The van der Waals surface area contributed by atoms with Crippen LogP contribution in [0.5, 0.6) is 0 Å². The predicted molar refractivity (Wildman–Crippen MR) is 72.2 cm³/mol. The second kappa shape index (κ2) is 5.18. The molecule has 0 saturated heterocycles. The van der Waals surface area contributed by atoms with Gasteiger partial charge >= 0.3 is 0 Å². The van der Waals surface area contributed by atoms with Crippen LogP contribution in [0.15, 0.2) is 41.1 Å². The van der Waals surface area contributed by atoms with Crippen molar-refractivity contribution in [1.29, 1.82) is 5.41 Å². The number of hydrogen-bond acceptors (Lipinski definition) is 5. The van der Waals surface area contributed by atoms with Crippen LogP contribution >= 0.6 is 0 Å². The minimum absolute atomic E-state index is 0.296. The number of benzene rings is 1. The van der Waals surface area contributed by atoms with E-state index in [0.29, 0.717) is 11.6 Å². The van der Waals surface area contributed by atoms with E-state index < -0.39 is 0 Å². The first-order chi connectivity index (χ1) is 8.74. The molecule has 0 bridgehead atoms. The molecule has 0 saturated carbocycles. The molecule has 0 fully saturated rings. The number of nitrogens with one attached hydrogen (secondary N) is 2. The fraction of sp³-hybridized carbons (Fsp3) is 0.0769. The summed E-state index contributed by atoms with van der Waals surface area (Å²) in [5, 5.41) is 14.1. The monoisotopic (exact) mass is 242 g/mol. The van der Waals surface area contributed by atoms with Gasteiger partial charge in [0, 0.05) is 36.7 Å². The Hall–Kier alpha value is -2.56. The minimum atomic E-state index is 0.296. The second-order valence-corrected chi connectivity index (χ2v) is 3.72. The molecule has 0 aliphatic rings. The van der Waals surface area contributed by atoms with Gasteiger partial charge in [-0.25, -0.2) is 0 Å². The average Bonchev–Trinajstić information content (AvgIpc) is 2.83. The van der Waals surface area contributed by atoms with Gasteiger partial charge in [-0.15, -0.1) is 0 Å². The van der Waals surface area contributed by atoms with Crippen molar-refractivity contribution in [2.24, 2.45) is 0 Å². The molecule has 1 aromatic heterocycles. The number of rotatable bonds is 4. The van der Waals surface area contributed by atoms with E-state index in [9.17, 15) is 0 Å². The summed E-state index contributed by atoms with van der Waals surface area (Å²) in [7, 11) is 1.80. The minimum Gasteiger partial charge on any atom is -0.393 e. The van der Waals surface area contributed by atoms with E-state index in [-0.39, 0.29) is 0 Å². The van der Waals surface area contributed by atoms with Crippen LogP contribution in [-0.4, -0.2) is 18.4 Å². The smallest absolute Gasteiger partial charge is 0.222 e. The molecule has 4 N–H and O–H groups in total. The highest BCUT2D eigenvalue weighted by Gasteiger charge is 2.05. The molecule has 92 valence electrons. The van der Waals surface area contributed by atoms with Gasteiger partial charge in [0.2, 0.25) is 5.88 Å². The lowest BCUT2D eigenvalue weighted by atomic mass is 10.0. The van der Waals surface area contributed by atoms with E-state index in [1.807, 2.05) is 24.3 Å². The van der Waals surface area contributed by atoms with Gasteiger partial charge in [0.15, 0.2) is 0 Å². The van der Waals surface area contributed by atoms with Crippen molar-refractivity contribution in [1.82, 2.24) is 10.5 Å². The van der Waals surface area contributed by atoms with E-state index >= 15 is 0 Å². The molecule has 18 heavy (non-hydrogen) atoms. The first-order valence-corrected chi connectivity index (χ1v) is 5.45. The topological polar surface area (TPSA) is 87.9 Å². The predicted octanol–water partition coefficient (Wildman–Crippen LogP) is 2.13. The lowest BCUT2D eigenvalue weighted by molar-refractivity contribution is 0.439. The van der Waals surface area contributed by atoms with Crippen LogP contribution in [0, 0.1) is 5.41 Å². The summed E-state index contributed by atoms with van der Waals surface area (Å²) in [5.41, 5.74) is 8.87. The average molecular weight is 242 g/mol. The highest BCUT2D eigenvalue weighted by Crippen LogP contribution is 2.22. The molecule has 5 nitrogen and oxygen atoms in total. The molecule has 0 atom stereocenters. The number of nitrogens with zero attached hydrogens (tertiary/aromatic N) is 1. The van der Waals surface area contributed by atoms with Crippen molar-refractivity contribution in [2.75, 3.05) is 12.8 Å². The van der Waals surface area contributed by atoms with E-state index in [1.165, 1.54) is 6.21 Å². The van der Waals surface area contributed by atoms with Crippen molar-refractivity contribution in [3.8, 4) is 11.3 Å². The molecule has 1 aromatic carbocycles. The summed E-state index contributed by atoms with van der Waals surface area (Å²) in [6.07, 6.45) is 3.08. The quantitative estimate of drug-likeness (QED) is 0.717. The van der Waals surface area contributed by atoms with Crippen LogP contribution in [0.2, 0.25) is 0 Å². The Balaban J connectivity index is 2.30. The number of nitrogen functional groups attached to an aromatic ring is 1. The van der Waals surface area contributed by atoms with Gasteiger partial charge in [0.05, 0.1) is 0 Å². The zero-order valence-electron chi connectivity index (χ0n) is 9.97. The summed E-state index contributed by atoms with van der Waals surface area (Å²) in [6, 6.07) is 9.36. The number of aromatic nitrogens is 1. The Morgan fingerprint density at radius 1 is 1.39 bits per heavy atom. The van der Waals surface area contributed by atoms with Gasteiger partial charge in [0.25, 0.3) is 0 Å². The molecule has 1 heterocycles. The number of nitrogens with two attached hydrogens (primary N) is 1. The molecular formula is C13H14N4O. The second-order valence-electron chi connectivity index (χ2n) is 3.72. The molecule has 0 aliphatic heterocycles. The Morgan fingerprint density at radius 2 is 2.11 bits per heavy atom. The van der Waals surface area contributed by atoms with Crippen molar-refractivity contribution in [2.45, 2.75) is 0 Å². The highest BCUT2D eigenvalue weighted by molar-refractivity contribution is 6.08. The van der Waals surface area contributed by atoms with E-state index in [0.717, 1.165) is 16.7 Å². The van der Waals surface area contributed by atoms with Crippen molar-refractivity contribution >= 4 is 17.7 Å². The summed E-state index contributed by atoms with van der Waals surface area (Å²) >= 11 is 0. The third-order valence-corrected chi connectivity index (χ3v) is 2.50. The fourth-order valence-corrected chi connectivity index (χ4v) is 1.62. The van der Waals surface area contributed by atoms with Crippen LogP contribution in [0.25, 0.3) is 16.8 Å². The zero-order chi connectivity index (χ0) is 13.0. The Bertz CT molecular complexity index is 569. The van der Waals surface area contributed by atoms with Crippen molar-refractivity contribution in [3.63, 3.8) is 0 Å². The Morgan fingerprint density at radius 3 is 2.61 bits per heavy atom. The molecular weight excluding hydrogens is 228 g/mol. The maximum Gasteiger partial charge on any atom is 0.222 e. The van der Waals surface area contributed by atoms with Crippen molar-refractivity contribution < 1.29 is 4.52 Å². The first-order valence-electron chi connectivity index (χ1n) is 5.45. The largest absolute Gasteiger partial charge is 0.393 e. The van der Waals surface area contributed by atoms with Crippen LogP contribution in [-0.2, 0) is 0 Å². The van der Waals surface area contributed by atoms with Gasteiger partial charge in [-0.05, 0) is 5.56 Å². The molecule has 0 aliphatic carbocycles. The van der Waals surface area contributed by atoms with E-state index in [2.05, 4.69) is 10.5 Å². The standard InChI is InChI=1S/C13H14N4O/c1-16-8-11(7-14)9-2-4-10(5-3-9)12-6-13(15)18-17-12/h2-8,14,16H,15H2,1H3/b11-8+,14-7?. The molecule has 0 amide bonds. The highest BCUT2D eigenvalue weighted by atomic mass is 16.5. The van der Waals surface area contributed by atoms with Gasteiger partial charge < -0.3 is 21.0 Å². The molecule has 0 spiro atoms. The third kappa shape index (κ3) is 2.40. The summed E-state index contributed by atoms with van der Waals surface area (Å²) in [6.45, 7) is 0. The molecule has 2 rings (SSSR count). The van der Waals surface area contributed by atoms with Gasteiger partial charge in [-0.3, -0.25) is 0 Å². The lowest BCUT2D eigenvalue weighted by Crippen LogP contribution is -1.97. The number of allylic oxidation sites excluding steroid dienone is 1. The van der Waals surface area contributed by atoms with Crippen LogP contribution in [0.3, 0.4) is 0 Å². The van der Waals surface area contributed by atoms with Gasteiger partial charge in [0.1, 0.15) is 5.69 Å². The van der Waals surface area contributed by atoms with Gasteiger partial charge in [-0.1, -0.05) is 29.4 Å². The molecule has 2 aromatic rings. The third-order valence-electron chi connectivity index (χ3n) is 2.50. The number of hydrogen-bond donors (Lipinski definition) is 3. The molecule has 0 radical (unpaired) electrons. The maximum absolute atomic E-state index is 7.34. The fourth-order valence-electron chi connectivity index (χ4n) is 1.62. The normalized spacial score (nSPS) is 11.3. The molecule has 0 unspecified atom stereocenters. The van der Waals surface area contributed by atoms with Gasteiger partial charge in [-0.2, -0.15) is 0 Å². The van der Waals surface area contributed by atoms with Crippen LogP contribution in [0.4, 0.5) is 5.88 Å².